The molecule has 0 aliphatic carbocycles. The van der Waals surface area contributed by atoms with E-state index in [2.05, 4.69) is 6.58 Å². The van der Waals surface area contributed by atoms with Crippen LogP contribution >= 0.6 is 24.0 Å². The molecule has 1 aromatic rings. The predicted octanol–water partition coefficient (Wildman–Crippen LogP) is 3.63. The van der Waals surface area contributed by atoms with Gasteiger partial charge in [0.2, 0.25) is 0 Å². The second-order valence-corrected chi connectivity index (χ2v) is 7.27. The van der Waals surface area contributed by atoms with Gasteiger partial charge in [0, 0.05) is 13.2 Å². The molecule has 1 atom stereocenters. The molecule has 0 spiro atoms. The van der Waals surface area contributed by atoms with Crippen molar-refractivity contribution in [2.75, 3.05) is 19.8 Å². The molecule has 0 aromatic heterocycles. The van der Waals surface area contributed by atoms with E-state index in [1.165, 1.54) is 11.8 Å². The van der Waals surface area contributed by atoms with Crippen LogP contribution in [0.15, 0.2) is 41.8 Å². The van der Waals surface area contributed by atoms with Crippen molar-refractivity contribution in [3.63, 3.8) is 0 Å². The van der Waals surface area contributed by atoms with E-state index in [0.717, 1.165) is 30.8 Å². The van der Waals surface area contributed by atoms with Gasteiger partial charge in [0.1, 0.15) is 16.7 Å². The Morgan fingerprint density at radius 1 is 1.42 bits per heavy atom. The lowest BCUT2D eigenvalue weighted by Crippen LogP contribution is -2.27. The standard InChI is InChI=1S/C18H19NO3S2/c1-2-9-19-17(20)16(24-18(19)23)11-13-5-7-14(8-6-13)22-12-15-4-3-10-21-15/h2,5-8,11,15H,1,3-4,9-10,12H2/b16-11+. The zero-order valence-electron chi connectivity index (χ0n) is 13.3. The summed E-state index contributed by atoms with van der Waals surface area (Å²) in [6, 6.07) is 7.69. The van der Waals surface area contributed by atoms with Crippen molar-refractivity contribution in [1.29, 1.82) is 0 Å². The molecule has 0 N–H and O–H groups in total. The molecule has 2 saturated heterocycles. The second kappa shape index (κ2) is 7.96. The van der Waals surface area contributed by atoms with Gasteiger partial charge in [-0.15, -0.1) is 6.58 Å². The van der Waals surface area contributed by atoms with Gasteiger partial charge in [-0.3, -0.25) is 9.69 Å². The molecule has 2 heterocycles. The van der Waals surface area contributed by atoms with Crippen molar-refractivity contribution in [2.45, 2.75) is 18.9 Å². The highest BCUT2D eigenvalue weighted by molar-refractivity contribution is 8.26. The number of thioether (sulfide) groups is 1. The Bertz CT molecular complexity index is 663. The minimum absolute atomic E-state index is 0.0661. The molecule has 1 amide bonds. The fourth-order valence-corrected chi connectivity index (χ4v) is 3.84. The predicted molar refractivity (Wildman–Crippen MR) is 101 cm³/mol. The first-order valence-electron chi connectivity index (χ1n) is 7.88. The lowest BCUT2D eigenvalue weighted by atomic mass is 10.2. The lowest BCUT2D eigenvalue weighted by Gasteiger charge is -2.11. The maximum absolute atomic E-state index is 12.3. The normalized spacial score (nSPS) is 22.4. The Balaban J connectivity index is 1.62. The molecule has 0 bridgehead atoms. The summed E-state index contributed by atoms with van der Waals surface area (Å²) >= 11 is 6.55. The molecule has 2 fully saturated rings. The number of benzene rings is 1. The van der Waals surface area contributed by atoms with Crippen LogP contribution in [0.1, 0.15) is 18.4 Å². The first-order valence-corrected chi connectivity index (χ1v) is 9.10. The number of hydrogen-bond acceptors (Lipinski definition) is 5. The maximum atomic E-state index is 12.3. The van der Waals surface area contributed by atoms with Crippen LogP contribution in [0.25, 0.3) is 6.08 Å². The van der Waals surface area contributed by atoms with Gasteiger partial charge in [-0.25, -0.2) is 0 Å². The first kappa shape index (κ1) is 17.2. The van der Waals surface area contributed by atoms with Crippen molar-refractivity contribution in [2.24, 2.45) is 0 Å². The number of amides is 1. The Morgan fingerprint density at radius 2 is 2.21 bits per heavy atom. The van der Waals surface area contributed by atoms with Gasteiger partial charge in [0.15, 0.2) is 0 Å². The van der Waals surface area contributed by atoms with Crippen molar-refractivity contribution >= 4 is 40.3 Å². The van der Waals surface area contributed by atoms with Crippen LogP contribution in [0.3, 0.4) is 0 Å². The molecule has 2 aliphatic heterocycles. The number of thiocarbonyl (C=S) groups is 1. The van der Waals surface area contributed by atoms with Gasteiger partial charge in [-0.2, -0.15) is 0 Å². The van der Waals surface area contributed by atoms with E-state index in [1.807, 2.05) is 30.3 Å². The smallest absolute Gasteiger partial charge is 0.266 e. The zero-order valence-corrected chi connectivity index (χ0v) is 14.9. The molecule has 4 nitrogen and oxygen atoms in total. The van der Waals surface area contributed by atoms with Crippen LogP contribution in [-0.4, -0.2) is 41.0 Å². The number of carbonyl (C=O) groups is 1. The van der Waals surface area contributed by atoms with E-state index in [1.54, 1.807) is 11.0 Å². The van der Waals surface area contributed by atoms with Crippen LogP contribution < -0.4 is 4.74 Å². The van der Waals surface area contributed by atoms with Crippen LogP contribution in [-0.2, 0) is 9.53 Å². The number of nitrogens with zero attached hydrogens (tertiary/aromatic N) is 1. The van der Waals surface area contributed by atoms with E-state index >= 15 is 0 Å². The van der Waals surface area contributed by atoms with Crippen LogP contribution in [0.5, 0.6) is 5.75 Å². The largest absolute Gasteiger partial charge is 0.491 e. The number of ether oxygens (including phenoxy) is 2. The highest BCUT2D eigenvalue weighted by atomic mass is 32.2. The van der Waals surface area contributed by atoms with E-state index < -0.39 is 0 Å². The highest BCUT2D eigenvalue weighted by Crippen LogP contribution is 2.32. The maximum Gasteiger partial charge on any atom is 0.266 e. The van der Waals surface area contributed by atoms with Crippen molar-refractivity contribution in [3.8, 4) is 5.75 Å². The van der Waals surface area contributed by atoms with Gasteiger partial charge in [0.25, 0.3) is 5.91 Å². The molecule has 0 radical (unpaired) electrons. The average Bonchev–Trinajstić information content (AvgIpc) is 3.19. The van der Waals surface area contributed by atoms with E-state index in [-0.39, 0.29) is 12.0 Å². The third-order valence-corrected chi connectivity index (χ3v) is 5.20. The van der Waals surface area contributed by atoms with Gasteiger partial charge in [0.05, 0.1) is 11.0 Å². The van der Waals surface area contributed by atoms with Crippen molar-refractivity contribution in [3.05, 3.63) is 47.4 Å². The fourth-order valence-electron chi connectivity index (χ4n) is 2.56. The summed E-state index contributed by atoms with van der Waals surface area (Å²) in [7, 11) is 0. The molecular weight excluding hydrogens is 342 g/mol. The monoisotopic (exact) mass is 361 g/mol. The number of hydrogen-bond donors (Lipinski definition) is 0. The SMILES string of the molecule is C=CCN1C(=O)/C(=C\c2ccc(OCC3CCCO3)cc2)SC1=S. The summed E-state index contributed by atoms with van der Waals surface area (Å²) in [6.07, 6.45) is 5.90. The van der Waals surface area contributed by atoms with Crippen LogP contribution in [0.4, 0.5) is 0 Å². The summed E-state index contributed by atoms with van der Waals surface area (Å²) in [6.45, 7) is 5.51. The summed E-state index contributed by atoms with van der Waals surface area (Å²) in [5.41, 5.74) is 0.943. The first-order chi connectivity index (χ1) is 11.7. The third-order valence-electron chi connectivity index (χ3n) is 3.82. The molecule has 6 heteroatoms. The molecular formula is C18H19NO3S2. The topological polar surface area (TPSA) is 38.8 Å². The van der Waals surface area contributed by atoms with Gasteiger partial charge < -0.3 is 9.47 Å². The minimum atomic E-state index is -0.0661. The summed E-state index contributed by atoms with van der Waals surface area (Å²) in [4.78, 5) is 14.5. The Kier molecular flexibility index (Phi) is 5.71. The van der Waals surface area contributed by atoms with Crippen LogP contribution in [0, 0.1) is 0 Å². The average molecular weight is 361 g/mol. The molecule has 2 aliphatic rings. The summed E-state index contributed by atoms with van der Waals surface area (Å²) < 4.78 is 11.9. The van der Waals surface area contributed by atoms with E-state index in [4.69, 9.17) is 21.7 Å². The number of rotatable bonds is 6. The molecule has 24 heavy (non-hydrogen) atoms. The Morgan fingerprint density at radius 3 is 2.88 bits per heavy atom. The summed E-state index contributed by atoms with van der Waals surface area (Å²) in [5.74, 6) is 0.741. The van der Waals surface area contributed by atoms with Crippen molar-refractivity contribution < 1.29 is 14.3 Å². The van der Waals surface area contributed by atoms with Gasteiger partial charge >= 0.3 is 0 Å². The molecule has 1 unspecified atom stereocenters. The van der Waals surface area contributed by atoms with Crippen LogP contribution in [0.2, 0.25) is 0 Å². The third kappa shape index (κ3) is 4.06. The Hall–Kier alpha value is -1.63. The lowest BCUT2D eigenvalue weighted by molar-refractivity contribution is -0.121. The number of carbonyl (C=O) groups excluding carboxylic acids is 1. The molecule has 3 rings (SSSR count). The zero-order chi connectivity index (χ0) is 16.9. The quantitative estimate of drug-likeness (QED) is 0.439. The van der Waals surface area contributed by atoms with Crippen molar-refractivity contribution in [1.82, 2.24) is 4.90 Å². The van der Waals surface area contributed by atoms with Gasteiger partial charge in [-0.1, -0.05) is 42.2 Å². The Labute approximate surface area is 151 Å². The molecule has 1 aromatic carbocycles. The molecule has 126 valence electrons. The fraction of sp³-hybridized carbons (Fsp3) is 0.333. The minimum Gasteiger partial charge on any atom is -0.491 e. The molecule has 0 saturated carbocycles. The van der Waals surface area contributed by atoms with Gasteiger partial charge in [-0.05, 0) is 36.6 Å². The van der Waals surface area contributed by atoms with E-state index in [0.29, 0.717) is 22.4 Å². The summed E-state index contributed by atoms with van der Waals surface area (Å²) in [5, 5.41) is 0. The van der Waals surface area contributed by atoms with E-state index in [9.17, 15) is 4.79 Å². The highest BCUT2D eigenvalue weighted by Gasteiger charge is 2.30. The second-order valence-electron chi connectivity index (χ2n) is 5.60.